The third kappa shape index (κ3) is 3.38. The number of rotatable bonds is 5. The quantitative estimate of drug-likeness (QED) is 0.802. The van der Waals surface area contributed by atoms with Crippen LogP contribution in [0.2, 0.25) is 0 Å². The first-order valence-electron chi connectivity index (χ1n) is 6.16. The van der Waals surface area contributed by atoms with Gasteiger partial charge < -0.3 is 11.1 Å². The van der Waals surface area contributed by atoms with Gasteiger partial charge >= 0.3 is 0 Å². The van der Waals surface area contributed by atoms with Crippen LogP contribution in [0.3, 0.4) is 0 Å². The van der Waals surface area contributed by atoms with E-state index in [9.17, 15) is 0 Å². The van der Waals surface area contributed by atoms with Crippen molar-refractivity contribution in [2.45, 2.75) is 41.0 Å². The molecule has 1 aromatic rings. The maximum Gasteiger partial charge on any atom is 0.159 e. The molecule has 0 saturated carbocycles. The molecule has 100 valence electrons. The van der Waals surface area contributed by atoms with E-state index in [0.29, 0.717) is 10.8 Å². The van der Waals surface area contributed by atoms with E-state index in [1.165, 1.54) is 0 Å². The number of hydrogen-bond donors (Lipinski definition) is 2. The second-order valence-electron chi connectivity index (χ2n) is 5.37. The monoisotopic (exact) mass is 266 g/mol. The van der Waals surface area contributed by atoms with Crippen molar-refractivity contribution in [2.75, 3.05) is 11.9 Å². The summed E-state index contributed by atoms with van der Waals surface area (Å²) in [6.45, 7) is 11.3. The summed E-state index contributed by atoms with van der Waals surface area (Å²) < 4.78 is 0. The number of anilines is 1. The van der Waals surface area contributed by atoms with Crippen LogP contribution < -0.4 is 11.1 Å². The van der Waals surface area contributed by atoms with Crippen molar-refractivity contribution in [2.24, 2.45) is 11.1 Å². The molecule has 0 fully saturated rings. The lowest BCUT2D eigenvalue weighted by Crippen LogP contribution is -2.25. The van der Waals surface area contributed by atoms with Crippen LogP contribution in [0.25, 0.3) is 0 Å². The van der Waals surface area contributed by atoms with Crippen LogP contribution in [0.15, 0.2) is 0 Å². The van der Waals surface area contributed by atoms with Gasteiger partial charge in [0.05, 0.1) is 11.3 Å². The highest BCUT2D eigenvalue weighted by molar-refractivity contribution is 7.80. The molecule has 1 rings (SSSR count). The summed E-state index contributed by atoms with van der Waals surface area (Å²) in [6, 6.07) is 0. The second kappa shape index (κ2) is 5.61. The Morgan fingerprint density at radius 3 is 2.44 bits per heavy atom. The van der Waals surface area contributed by atoms with Gasteiger partial charge in [-0.2, -0.15) is 5.10 Å². The molecule has 4 nitrogen and oxygen atoms in total. The van der Waals surface area contributed by atoms with Gasteiger partial charge in [0.1, 0.15) is 4.99 Å². The number of hydrogen-bond acceptors (Lipinski definition) is 4. The lowest BCUT2D eigenvalue weighted by atomic mass is 9.90. The van der Waals surface area contributed by atoms with Gasteiger partial charge in [-0.3, -0.25) is 0 Å². The van der Waals surface area contributed by atoms with Gasteiger partial charge in [0.2, 0.25) is 0 Å². The Bertz CT molecular complexity index is 455. The fraction of sp³-hybridized carbons (Fsp3) is 0.615. The van der Waals surface area contributed by atoms with Crippen molar-refractivity contribution >= 4 is 23.0 Å². The van der Waals surface area contributed by atoms with Crippen molar-refractivity contribution in [3.63, 3.8) is 0 Å². The first-order valence-corrected chi connectivity index (χ1v) is 6.57. The van der Waals surface area contributed by atoms with Crippen LogP contribution in [0.5, 0.6) is 0 Å². The summed E-state index contributed by atoms with van der Waals surface area (Å²) in [7, 11) is 0. The predicted octanol–water partition coefficient (Wildman–Crippen LogP) is 2.58. The maximum atomic E-state index is 5.78. The lowest BCUT2D eigenvalue weighted by molar-refractivity contribution is 0.376. The van der Waals surface area contributed by atoms with Gasteiger partial charge in [-0.15, -0.1) is 5.10 Å². The highest BCUT2D eigenvalue weighted by Crippen LogP contribution is 2.23. The molecule has 0 aliphatic rings. The van der Waals surface area contributed by atoms with Crippen molar-refractivity contribution in [1.82, 2.24) is 10.2 Å². The smallest absolute Gasteiger partial charge is 0.159 e. The topological polar surface area (TPSA) is 63.8 Å². The Hall–Kier alpha value is -1.23. The molecule has 0 amide bonds. The van der Waals surface area contributed by atoms with E-state index in [4.69, 9.17) is 18.0 Å². The number of thiocarbonyl (C=S) groups is 1. The summed E-state index contributed by atoms with van der Waals surface area (Å²) in [5.41, 5.74) is 8.65. The fourth-order valence-electron chi connectivity index (χ4n) is 1.48. The molecule has 0 aromatic carbocycles. The summed E-state index contributed by atoms with van der Waals surface area (Å²) in [5.74, 6) is 0.687. The largest absolute Gasteiger partial charge is 0.389 e. The zero-order valence-corrected chi connectivity index (χ0v) is 12.6. The van der Waals surface area contributed by atoms with Crippen molar-refractivity contribution in [3.8, 4) is 0 Å². The Labute approximate surface area is 114 Å². The highest BCUT2D eigenvalue weighted by atomic mass is 32.1. The maximum absolute atomic E-state index is 5.78. The first-order chi connectivity index (χ1) is 8.28. The molecule has 3 N–H and O–H groups in total. The zero-order chi connectivity index (χ0) is 13.9. The van der Waals surface area contributed by atoms with E-state index in [0.717, 1.165) is 29.8 Å². The van der Waals surface area contributed by atoms with E-state index in [-0.39, 0.29) is 5.41 Å². The Morgan fingerprint density at radius 1 is 1.33 bits per heavy atom. The van der Waals surface area contributed by atoms with Gasteiger partial charge in [-0.25, -0.2) is 0 Å². The Kier molecular flexibility index (Phi) is 4.62. The minimum absolute atomic E-state index is 0.202. The number of nitrogens with one attached hydrogen (secondary N) is 1. The summed E-state index contributed by atoms with van der Waals surface area (Å²) in [5, 5.41) is 11.6. The van der Waals surface area contributed by atoms with Gasteiger partial charge in [-0.05, 0) is 31.2 Å². The molecule has 0 aliphatic heterocycles. The third-order valence-electron chi connectivity index (χ3n) is 3.39. The minimum atomic E-state index is 0.202. The third-order valence-corrected chi connectivity index (χ3v) is 3.60. The number of aryl methyl sites for hydroxylation is 1. The molecule has 5 heteroatoms. The van der Waals surface area contributed by atoms with Gasteiger partial charge in [-0.1, -0.05) is 33.0 Å². The first kappa shape index (κ1) is 14.8. The Morgan fingerprint density at radius 2 is 1.94 bits per heavy atom. The molecule has 0 aliphatic carbocycles. The molecular formula is C13H22N4S. The normalized spacial score (nSPS) is 11.4. The number of nitrogens with zero attached hydrogens (tertiary/aromatic N) is 2. The van der Waals surface area contributed by atoms with Gasteiger partial charge in [0.25, 0.3) is 0 Å². The standard InChI is InChI=1S/C13H22N4S/c1-6-13(4,5)7-15-12-10(11(14)18)8(2)9(3)16-17-12/h6-7H2,1-5H3,(H2,14,18)(H,15,17). The van der Waals surface area contributed by atoms with E-state index >= 15 is 0 Å². The van der Waals surface area contributed by atoms with Gasteiger partial charge in [0, 0.05) is 6.54 Å². The minimum Gasteiger partial charge on any atom is -0.389 e. The average Bonchev–Trinajstić information content (AvgIpc) is 2.30. The van der Waals surface area contributed by atoms with Crippen molar-refractivity contribution < 1.29 is 0 Å². The molecule has 18 heavy (non-hydrogen) atoms. The van der Waals surface area contributed by atoms with Crippen LogP contribution in [-0.2, 0) is 0 Å². The number of aromatic nitrogens is 2. The van der Waals surface area contributed by atoms with Crippen LogP contribution in [0.4, 0.5) is 5.82 Å². The SMILES string of the molecule is CCC(C)(C)CNc1nnc(C)c(C)c1C(N)=S. The molecule has 0 radical (unpaired) electrons. The Balaban J connectivity index is 3.03. The molecule has 0 unspecified atom stereocenters. The molecule has 1 aromatic heterocycles. The van der Waals surface area contributed by atoms with Crippen LogP contribution in [-0.4, -0.2) is 21.7 Å². The van der Waals surface area contributed by atoms with Crippen molar-refractivity contribution in [3.05, 3.63) is 16.8 Å². The van der Waals surface area contributed by atoms with E-state index in [1.807, 2.05) is 13.8 Å². The molecular weight excluding hydrogens is 244 g/mol. The summed E-state index contributed by atoms with van der Waals surface area (Å²) in [6.07, 6.45) is 1.08. The van der Waals surface area contributed by atoms with Gasteiger partial charge in [0.15, 0.2) is 5.82 Å². The van der Waals surface area contributed by atoms with Crippen LogP contribution >= 0.6 is 12.2 Å². The molecule has 1 heterocycles. The average molecular weight is 266 g/mol. The lowest BCUT2D eigenvalue weighted by Gasteiger charge is -2.24. The second-order valence-corrected chi connectivity index (χ2v) is 5.81. The molecule has 0 bridgehead atoms. The van der Waals surface area contributed by atoms with Crippen LogP contribution in [0.1, 0.15) is 44.0 Å². The zero-order valence-electron chi connectivity index (χ0n) is 11.8. The van der Waals surface area contributed by atoms with E-state index in [2.05, 4.69) is 36.3 Å². The summed E-state index contributed by atoms with van der Waals surface area (Å²) in [4.78, 5) is 0.363. The van der Waals surface area contributed by atoms with Crippen LogP contribution in [0, 0.1) is 19.3 Å². The van der Waals surface area contributed by atoms with E-state index < -0.39 is 0 Å². The molecule has 0 saturated heterocycles. The number of nitrogens with two attached hydrogens (primary N) is 1. The van der Waals surface area contributed by atoms with E-state index in [1.54, 1.807) is 0 Å². The molecule has 0 spiro atoms. The predicted molar refractivity (Wildman–Crippen MR) is 80.0 cm³/mol. The summed E-state index contributed by atoms with van der Waals surface area (Å²) >= 11 is 5.10. The van der Waals surface area contributed by atoms with Crippen molar-refractivity contribution in [1.29, 1.82) is 0 Å². The fourth-order valence-corrected chi connectivity index (χ4v) is 1.73. The molecule has 0 atom stereocenters. The highest BCUT2D eigenvalue weighted by Gasteiger charge is 2.18.